The molecule has 0 saturated heterocycles. The van der Waals surface area contributed by atoms with E-state index < -0.39 is 11.7 Å². The lowest BCUT2D eigenvalue weighted by molar-refractivity contribution is -0.120. The molecular formula is C17H16F2N2O2. The minimum atomic E-state index is -0.516. The van der Waals surface area contributed by atoms with E-state index in [2.05, 4.69) is 10.6 Å². The quantitative estimate of drug-likeness (QED) is 0.856. The molecule has 23 heavy (non-hydrogen) atoms. The Labute approximate surface area is 132 Å². The lowest BCUT2D eigenvalue weighted by Crippen LogP contribution is -2.37. The molecule has 2 rings (SSSR count). The zero-order valence-corrected chi connectivity index (χ0v) is 12.3. The molecule has 4 nitrogen and oxygen atoms in total. The van der Waals surface area contributed by atoms with Gasteiger partial charge in [0, 0.05) is 12.1 Å². The van der Waals surface area contributed by atoms with Gasteiger partial charge in [-0.2, -0.15) is 0 Å². The summed E-state index contributed by atoms with van der Waals surface area (Å²) in [4.78, 5) is 23.4. The lowest BCUT2D eigenvalue weighted by atomic mass is 10.1. The average molecular weight is 318 g/mol. The summed E-state index contributed by atoms with van der Waals surface area (Å²) in [7, 11) is 0. The molecule has 2 aromatic rings. The highest BCUT2D eigenvalue weighted by atomic mass is 19.1. The molecule has 0 aliphatic heterocycles. The number of carbonyl (C=O) groups is 2. The van der Waals surface area contributed by atoms with Gasteiger partial charge in [-0.15, -0.1) is 0 Å². The van der Waals surface area contributed by atoms with E-state index in [1.807, 2.05) is 0 Å². The number of hydrogen-bond acceptors (Lipinski definition) is 2. The van der Waals surface area contributed by atoms with Crippen LogP contribution in [0.25, 0.3) is 0 Å². The van der Waals surface area contributed by atoms with Gasteiger partial charge in [0.1, 0.15) is 11.6 Å². The van der Waals surface area contributed by atoms with E-state index in [-0.39, 0.29) is 23.8 Å². The van der Waals surface area contributed by atoms with E-state index in [4.69, 9.17) is 0 Å². The second-order valence-electron chi connectivity index (χ2n) is 4.92. The molecule has 0 aliphatic rings. The summed E-state index contributed by atoms with van der Waals surface area (Å²) in [5.74, 6) is -1.69. The first kappa shape index (κ1) is 16.6. The third-order valence-corrected chi connectivity index (χ3v) is 3.15. The van der Waals surface area contributed by atoms with Crippen molar-refractivity contribution < 1.29 is 18.4 Å². The van der Waals surface area contributed by atoms with Crippen molar-refractivity contribution in [1.29, 1.82) is 0 Å². The minimum absolute atomic E-state index is 0.157. The van der Waals surface area contributed by atoms with Crippen LogP contribution in [0.1, 0.15) is 15.9 Å². The fourth-order valence-electron chi connectivity index (χ4n) is 1.95. The van der Waals surface area contributed by atoms with Crippen LogP contribution in [0.5, 0.6) is 0 Å². The first-order valence-corrected chi connectivity index (χ1v) is 7.09. The number of nitrogens with one attached hydrogen (secondary N) is 2. The zero-order valence-electron chi connectivity index (χ0n) is 12.3. The van der Waals surface area contributed by atoms with Crippen LogP contribution in [0.15, 0.2) is 48.5 Å². The second kappa shape index (κ2) is 8.03. The van der Waals surface area contributed by atoms with Gasteiger partial charge in [0.05, 0.1) is 6.54 Å². The van der Waals surface area contributed by atoms with Gasteiger partial charge < -0.3 is 10.6 Å². The smallest absolute Gasteiger partial charge is 0.251 e. The lowest BCUT2D eigenvalue weighted by Gasteiger charge is -2.07. The molecule has 0 unspecified atom stereocenters. The van der Waals surface area contributed by atoms with Crippen molar-refractivity contribution in [2.45, 2.75) is 6.42 Å². The van der Waals surface area contributed by atoms with Crippen molar-refractivity contribution in [3.05, 3.63) is 71.3 Å². The van der Waals surface area contributed by atoms with Gasteiger partial charge >= 0.3 is 0 Å². The molecule has 2 amide bonds. The molecule has 0 aromatic heterocycles. The molecule has 0 heterocycles. The molecule has 0 saturated carbocycles. The largest absolute Gasteiger partial charge is 0.354 e. The number of carbonyl (C=O) groups excluding carboxylic acids is 2. The monoisotopic (exact) mass is 318 g/mol. The molecule has 2 N–H and O–H groups in total. The van der Waals surface area contributed by atoms with Crippen molar-refractivity contribution >= 4 is 11.8 Å². The number of amides is 2. The van der Waals surface area contributed by atoms with Crippen LogP contribution < -0.4 is 10.6 Å². The normalized spacial score (nSPS) is 10.2. The van der Waals surface area contributed by atoms with E-state index in [1.165, 1.54) is 30.3 Å². The maximum atomic E-state index is 13.0. The summed E-state index contributed by atoms with van der Waals surface area (Å²) in [5.41, 5.74) is 1.06. The van der Waals surface area contributed by atoms with Gasteiger partial charge in [0.2, 0.25) is 5.91 Å². The molecule has 0 radical (unpaired) electrons. The van der Waals surface area contributed by atoms with Gasteiger partial charge in [0.25, 0.3) is 5.91 Å². The summed E-state index contributed by atoms with van der Waals surface area (Å²) in [6, 6.07) is 11.2. The standard InChI is InChI=1S/C17H16F2N2O2/c18-14-6-4-12(5-7-14)8-9-20-16(22)11-21-17(23)13-2-1-3-15(19)10-13/h1-7,10H,8-9,11H2,(H,20,22)(H,21,23). The van der Waals surface area contributed by atoms with E-state index >= 15 is 0 Å². The third kappa shape index (κ3) is 5.50. The van der Waals surface area contributed by atoms with Crippen molar-refractivity contribution in [2.75, 3.05) is 13.1 Å². The first-order chi connectivity index (χ1) is 11.0. The van der Waals surface area contributed by atoms with Crippen LogP contribution in [0.3, 0.4) is 0 Å². The SMILES string of the molecule is O=C(CNC(=O)c1cccc(F)c1)NCCc1ccc(F)cc1. The highest BCUT2D eigenvalue weighted by Crippen LogP contribution is 2.03. The Bertz CT molecular complexity index is 687. The molecule has 0 fully saturated rings. The molecule has 2 aromatic carbocycles. The highest BCUT2D eigenvalue weighted by molar-refractivity contribution is 5.96. The molecular weight excluding hydrogens is 302 g/mol. The predicted molar refractivity (Wildman–Crippen MR) is 81.8 cm³/mol. The van der Waals surface area contributed by atoms with Crippen LogP contribution in [0.2, 0.25) is 0 Å². The maximum absolute atomic E-state index is 13.0. The highest BCUT2D eigenvalue weighted by Gasteiger charge is 2.08. The van der Waals surface area contributed by atoms with Gasteiger partial charge in [-0.1, -0.05) is 18.2 Å². The number of hydrogen-bond donors (Lipinski definition) is 2. The fourth-order valence-corrected chi connectivity index (χ4v) is 1.95. The summed E-state index contributed by atoms with van der Waals surface area (Å²) < 4.78 is 25.7. The maximum Gasteiger partial charge on any atom is 0.251 e. The van der Waals surface area contributed by atoms with Crippen molar-refractivity contribution in [2.24, 2.45) is 0 Å². The summed E-state index contributed by atoms with van der Waals surface area (Å²) in [5, 5.41) is 5.06. The minimum Gasteiger partial charge on any atom is -0.354 e. The summed E-state index contributed by atoms with van der Waals surface area (Å²) in [6.45, 7) is 0.180. The number of benzene rings is 2. The van der Waals surface area contributed by atoms with Gasteiger partial charge in [-0.25, -0.2) is 8.78 Å². The van der Waals surface area contributed by atoms with E-state index in [9.17, 15) is 18.4 Å². The van der Waals surface area contributed by atoms with Crippen molar-refractivity contribution in [3.8, 4) is 0 Å². The van der Waals surface area contributed by atoms with Crippen LogP contribution in [-0.4, -0.2) is 24.9 Å². The van der Waals surface area contributed by atoms with Crippen LogP contribution in [0.4, 0.5) is 8.78 Å². The van der Waals surface area contributed by atoms with E-state index in [1.54, 1.807) is 12.1 Å². The van der Waals surface area contributed by atoms with Gasteiger partial charge in [0.15, 0.2) is 0 Å². The number of halogens is 2. The zero-order chi connectivity index (χ0) is 16.7. The van der Waals surface area contributed by atoms with Crippen LogP contribution in [-0.2, 0) is 11.2 Å². The Morgan fingerprint density at radius 3 is 2.35 bits per heavy atom. The molecule has 0 spiro atoms. The molecule has 0 aliphatic carbocycles. The second-order valence-corrected chi connectivity index (χ2v) is 4.92. The Morgan fingerprint density at radius 2 is 1.65 bits per heavy atom. The van der Waals surface area contributed by atoms with Crippen LogP contribution >= 0.6 is 0 Å². The van der Waals surface area contributed by atoms with E-state index in [0.717, 1.165) is 11.6 Å². The predicted octanol–water partition coefficient (Wildman–Crippen LogP) is 2.05. The van der Waals surface area contributed by atoms with Crippen molar-refractivity contribution in [3.63, 3.8) is 0 Å². The number of rotatable bonds is 6. The topological polar surface area (TPSA) is 58.2 Å². The molecule has 6 heteroatoms. The van der Waals surface area contributed by atoms with E-state index in [0.29, 0.717) is 13.0 Å². The molecule has 120 valence electrons. The fraction of sp³-hybridized carbons (Fsp3) is 0.176. The summed E-state index contributed by atoms with van der Waals surface area (Å²) in [6.07, 6.45) is 0.559. The Balaban J connectivity index is 1.70. The molecule has 0 bridgehead atoms. The van der Waals surface area contributed by atoms with Gasteiger partial charge in [-0.05, 0) is 42.3 Å². The Kier molecular flexibility index (Phi) is 5.80. The average Bonchev–Trinajstić information content (AvgIpc) is 2.54. The first-order valence-electron chi connectivity index (χ1n) is 7.09. The van der Waals surface area contributed by atoms with Crippen molar-refractivity contribution in [1.82, 2.24) is 10.6 Å². The Morgan fingerprint density at radius 1 is 0.913 bits per heavy atom. The Hall–Kier alpha value is -2.76. The third-order valence-electron chi connectivity index (χ3n) is 3.15. The summed E-state index contributed by atoms with van der Waals surface area (Å²) >= 11 is 0. The molecule has 0 atom stereocenters. The van der Waals surface area contributed by atoms with Gasteiger partial charge in [-0.3, -0.25) is 9.59 Å². The van der Waals surface area contributed by atoms with Crippen LogP contribution in [0, 0.1) is 11.6 Å².